The van der Waals surface area contributed by atoms with Crippen molar-refractivity contribution in [3.05, 3.63) is 23.8 Å². The third kappa shape index (κ3) is 6.14. The predicted octanol–water partition coefficient (Wildman–Crippen LogP) is 2.40. The maximum absolute atomic E-state index is 13.5. The molecule has 1 aromatic rings. The van der Waals surface area contributed by atoms with Gasteiger partial charge in [-0.15, -0.1) is 0 Å². The van der Waals surface area contributed by atoms with Crippen LogP contribution in [0.3, 0.4) is 0 Å². The first kappa shape index (κ1) is 24.3. The Morgan fingerprint density at radius 1 is 1.03 bits per heavy atom. The summed E-state index contributed by atoms with van der Waals surface area (Å²) >= 11 is 0. The predicted molar refractivity (Wildman–Crippen MR) is 96.8 cm³/mol. The van der Waals surface area contributed by atoms with Crippen LogP contribution in [0, 0.1) is 0 Å². The summed E-state index contributed by atoms with van der Waals surface area (Å²) in [6.07, 6.45) is -4.93. The molecular formula is C18H25F3N2O6. The highest BCUT2D eigenvalue weighted by molar-refractivity contribution is 5.87. The van der Waals surface area contributed by atoms with E-state index < -0.39 is 30.5 Å². The maximum atomic E-state index is 13.5. The standard InChI is InChI=1S/C18H25F3N2O6/c1-5-28-15(24)17(29-6-2,18(19,20)21)23-16(25)22-10-9-12-7-8-13(26-3)14(11-12)27-4/h7-8,11H,5-6,9-10H2,1-4H3,(H2,22,23,25)/t17-/m1/s1. The summed E-state index contributed by atoms with van der Waals surface area (Å²) in [7, 11) is 2.95. The molecule has 11 heteroatoms. The van der Waals surface area contributed by atoms with Gasteiger partial charge in [0, 0.05) is 13.2 Å². The number of hydrogen-bond donors (Lipinski definition) is 2. The molecule has 0 fully saturated rings. The minimum atomic E-state index is -5.23. The van der Waals surface area contributed by atoms with Crippen LogP contribution in [-0.4, -0.2) is 57.9 Å². The van der Waals surface area contributed by atoms with Crippen LogP contribution < -0.4 is 20.1 Å². The zero-order valence-electron chi connectivity index (χ0n) is 16.6. The molecule has 0 unspecified atom stereocenters. The monoisotopic (exact) mass is 422 g/mol. The lowest BCUT2D eigenvalue weighted by Crippen LogP contribution is -2.67. The third-order valence-corrected chi connectivity index (χ3v) is 3.76. The molecule has 8 nitrogen and oxygen atoms in total. The molecule has 0 spiro atoms. The number of benzene rings is 1. The molecule has 0 heterocycles. The average molecular weight is 422 g/mol. The number of nitrogens with one attached hydrogen (secondary N) is 2. The van der Waals surface area contributed by atoms with E-state index in [1.165, 1.54) is 28.1 Å². The number of methoxy groups -OCH3 is 2. The first-order valence-electron chi connectivity index (χ1n) is 8.79. The average Bonchev–Trinajstić information content (AvgIpc) is 2.66. The summed E-state index contributed by atoms with van der Waals surface area (Å²) in [4.78, 5) is 24.0. The number of carbonyl (C=O) groups is 2. The first-order valence-corrected chi connectivity index (χ1v) is 8.79. The van der Waals surface area contributed by atoms with E-state index in [-0.39, 0.29) is 13.2 Å². The number of amides is 2. The Balaban J connectivity index is 2.82. The van der Waals surface area contributed by atoms with Gasteiger partial charge in [-0.05, 0) is 38.0 Å². The Morgan fingerprint density at radius 2 is 1.69 bits per heavy atom. The van der Waals surface area contributed by atoms with Gasteiger partial charge in [-0.25, -0.2) is 9.59 Å². The third-order valence-electron chi connectivity index (χ3n) is 3.76. The van der Waals surface area contributed by atoms with Crippen LogP contribution in [0.25, 0.3) is 0 Å². The summed E-state index contributed by atoms with van der Waals surface area (Å²) in [6.45, 7) is 1.80. The molecule has 0 radical (unpaired) electrons. The molecule has 29 heavy (non-hydrogen) atoms. The van der Waals surface area contributed by atoms with Gasteiger partial charge in [0.25, 0.3) is 0 Å². The largest absolute Gasteiger partial charge is 0.493 e. The SMILES string of the molecule is CCOC(=O)[C@@](NC(=O)NCCc1ccc(OC)c(OC)c1)(OCC)C(F)(F)F. The van der Waals surface area contributed by atoms with Crippen molar-refractivity contribution in [2.45, 2.75) is 32.2 Å². The van der Waals surface area contributed by atoms with Gasteiger partial charge in [0.15, 0.2) is 11.5 Å². The minimum absolute atomic E-state index is 0.00972. The normalized spacial score (nSPS) is 13.2. The lowest BCUT2D eigenvalue weighted by Gasteiger charge is -2.33. The number of rotatable bonds is 10. The lowest BCUT2D eigenvalue weighted by molar-refractivity contribution is -0.283. The molecule has 1 atom stereocenters. The molecule has 2 amide bonds. The molecule has 0 aliphatic heterocycles. The van der Waals surface area contributed by atoms with E-state index >= 15 is 0 Å². The van der Waals surface area contributed by atoms with Crippen molar-refractivity contribution in [2.24, 2.45) is 0 Å². The van der Waals surface area contributed by atoms with Crippen LogP contribution in [0.15, 0.2) is 18.2 Å². The van der Waals surface area contributed by atoms with Gasteiger partial charge in [-0.3, -0.25) is 5.32 Å². The number of alkyl halides is 3. The molecule has 0 aromatic heterocycles. The molecule has 1 aromatic carbocycles. The van der Waals surface area contributed by atoms with E-state index in [0.717, 1.165) is 5.56 Å². The summed E-state index contributed by atoms with van der Waals surface area (Å²) in [6, 6.07) is 3.83. The number of esters is 1. The van der Waals surface area contributed by atoms with Gasteiger partial charge in [-0.1, -0.05) is 6.07 Å². The zero-order chi connectivity index (χ0) is 22.1. The van der Waals surface area contributed by atoms with Crippen molar-refractivity contribution in [1.82, 2.24) is 10.6 Å². The Hall–Kier alpha value is -2.69. The van der Waals surface area contributed by atoms with E-state index in [1.807, 2.05) is 0 Å². The second-order valence-corrected chi connectivity index (χ2v) is 5.65. The molecule has 0 saturated heterocycles. The fraction of sp³-hybridized carbons (Fsp3) is 0.556. The van der Waals surface area contributed by atoms with Crippen molar-refractivity contribution in [3.8, 4) is 11.5 Å². The van der Waals surface area contributed by atoms with Crippen LogP contribution in [0.4, 0.5) is 18.0 Å². The van der Waals surface area contributed by atoms with Gasteiger partial charge < -0.3 is 24.3 Å². The van der Waals surface area contributed by atoms with Gasteiger partial charge >= 0.3 is 23.9 Å². The zero-order valence-corrected chi connectivity index (χ0v) is 16.6. The van der Waals surface area contributed by atoms with Crippen LogP contribution in [-0.2, 0) is 20.7 Å². The highest BCUT2D eigenvalue weighted by Gasteiger charge is 2.64. The molecule has 0 aliphatic carbocycles. The van der Waals surface area contributed by atoms with E-state index in [9.17, 15) is 22.8 Å². The summed E-state index contributed by atoms with van der Waals surface area (Å²) in [5, 5.41) is 3.84. The van der Waals surface area contributed by atoms with E-state index in [1.54, 1.807) is 23.5 Å². The maximum Gasteiger partial charge on any atom is 0.448 e. The second kappa shape index (κ2) is 10.7. The summed E-state index contributed by atoms with van der Waals surface area (Å²) in [5.41, 5.74) is -2.84. The van der Waals surface area contributed by atoms with Crippen LogP contribution in [0.2, 0.25) is 0 Å². The Kier molecular flexibility index (Phi) is 9.02. The number of hydrogen-bond acceptors (Lipinski definition) is 6. The van der Waals surface area contributed by atoms with Crippen LogP contribution in [0.5, 0.6) is 11.5 Å². The summed E-state index contributed by atoms with van der Waals surface area (Å²) < 4.78 is 60.0. The topological polar surface area (TPSA) is 95.1 Å². The van der Waals surface area contributed by atoms with Crippen molar-refractivity contribution in [3.63, 3.8) is 0 Å². The van der Waals surface area contributed by atoms with E-state index in [2.05, 4.69) is 14.8 Å². The molecule has 2 N–H and O–H groups in total. The van der Waals surface area contributed by atoms with Gasteiger partial charge in [0.05, 0.1) is 20.8 Å². The van der Waals surface area contributed by atoms with Gasteiger partial charge in [0.1, 0.15) is 0 Å². The number of ether oxygens (including phenoxy) is 4. The Morgan fingerprint density at radius 3 is 2.21 bits per heavy atom. The molecule has 164 valence electrons. The number of urea groups is 1. The number of halogens is 3. The van der Waals surface area contributed by atoms with E-state index in [4.69, 9.17) is 9.47 Å². The smallest absolute Gasteiger partial charge is 0.448 e. The van der Waals surface area contributed by atoms with Crippen LogP contribution >= 0.6 is 0 Å². The Labute approximate surface area is 166 Å². The molecule has 0 saturated carbocycles. The lowest BCUT2D eigenvalue weighted by atomic mass is 10.1. The minimum Gasteiger partial charge on any atom is -0.493 e. The second-order valence-electron chi connectivity index (χ2n) is 5.65. The fourth-order valence-electron chi connectivity index (χ4n) is 2.42. The molecule has 0 bridgehead atoms. The van der Waals surface area contributed by atoms with Crippen molar-refractivity contribution in [1.29, 1.82) is 0 Å². The molecular weight excluding hydrogens is 397 g/mol. The van der Waals surface area contributed by atoms with Crippen molar-refractivity contribution < 1.29 is 41.7 Å². The van der Waals surface area contributed by atoms with Crippen LogP contribution in [0.1, 0.15) is 19.4 Å². The van der Waals surface area contributed by atoms with Gasteiger partial charge in [-0.2, -0.15) is 13.2 Å². The summed E-state index contributed by atoms with van der Waals surface area (Å²) in [5.74, 6) is -0.753. The van der Waals surface area contributed by atoms with E-state index in [0.29, 0.717) is 17.9 Å². The van der Waals surface area contributed by atoms with Gasteiger partial charge in [0.2, 0.25) is 0 Å². The first-order chi connectivity index (χ1) is 13.6. The molecule has 1 rings (SSSR count). The quantitative estimate of drug-likeness (QED) is 0.444. The highest BCUT2D eigenvalue weighted by Crippen LogP contribution is 2.33. The highest BCUT2D eigenvalue weighted by atomic mass is 19.4. The Bertz CT molecular complexity index is 699. The molecule has 0 aliphatic rings. The van der Waals surface area contributed by atoms with Crippen molar-refractivity contribution >= 4 is 12.0 Å². The fourth-order valence-corrected chi connectivity index (χ4v) is 2.42. The van der Waals surface area contributed by atoms with Crippen molar-refractivity contribution in [2.75, 3.05) is 34.0 Å². The number of carbonyl (C=O) groups excluding carboxylic acids is 2.